The molecular weight excluding hydrogens is 341 g/mol. The number of pyridine rings is 1. The molecule has 3 aromatic rings. The number of ether oxygens (including phenoxy) is 1. The van der Waals surface area contributed by atoms with Gasteiger partial charge in [0.25, 0.3) is 0 Å². The van der Waals surface area contributed by atoms with Crippen molar-refractivity contribution in [1.82, 2.24) is 4.98 Å². The Morgan fingerprint density at radius 3 is 2.31 bits per heavy atom. The number of hydrogen-bond donors (Lipinski definition) is 1. The number of fused-ring (bicyclic) bond motifs is 1. The highest BCUT2D eigenvalue weighted by molar-refractivity contribution is 6.04. The molecule has 1 heterocycles. The average molecular weight is 360 g/mol. The van der Waals surface area contributed by atoms with Crippen LogP contribution in [0.1, 0.15) is 19.4 Å². The Hall–Kier alpha value is -2.76. The van der Waals surface area contributed by atoms with E-state index in [-0.39, 0.29) is 11.4 Å². The summed E-state index contributed by atoms with van der Waals surface area (Å²) in [6.45, 7) is 3.83. The van der Waals surface area contributed by atoms with Crippen molar-refractivity contribution in [3.05, 3.63) is 54.2 Å². The number of alkyl halides is 3. The summed E-state index contributed by atoms with van der Waals surface area (Å²) in [4.78, 5) is 4.38. The molecule has 0 aliphatic rings. The Morgan fingerprint density at radius 1 is 1.04 bits per heavy atom. The molecule has 0 spiro atoms. The summed E-state index contributed by atoms with van der Waals surface area (Å²) >= 11 is 0. The predicted octanol–water partition coefficient (Wildman–Crippen LogP) is 5.75. The van der Waals surface area contributed by atoms with Crippen molar-refractivity contribution in [2.45, 2.75) is 26.1 Å². The number of methoxy groups -OCH3 is 1. The molecule has 0 atom stereocenters. The van der Waals surface area contributed by atoms with E-state index in [1.165, 1.54) is 12.3 Å². The molecule has 0 fully saturated rings. The van der Waals surface area contributed by atoms with Gasteiger partial charge in [0.1, 0.15) is 11.6 Å². The van der Waals surface area contributed by atoms with Gasteiger partial charge in [-0.25, -0.2) is 4.98 Å². The first-order valence-corrected chi connectivity index (χ1v) is 8.21. The summed E-state index contributed by atoms with van der Waals surface area (Å²) < 4.78 is 46.1. The normalized spacial score (nSPS) is 11.8. The Labute approximate surface area is 149 Å². The van der Waals surface area contributed by atoms with Crippen LogP contribution in [0.3, 0.4) is 0 Å². The van der Waals surface area contributed by atoms with Crippen LogP contribution in [0, 0.1) is 0 Å². The van der Waals surface area contributed by atoms with Crippen molar-refractivity contribution in [2.24, 2.45) is 0 Å². The third-order valence-electron chi connectivity index (χ3n) is 4.04. The molecule has 0 unspecified atom stereocenters. The van der Waals surface area contributed by atoms with Crippen LogP contribution in [-0.4, -0.2) is 18.1 Å². The van der Waals surface area contributed by atoms with Crippen LogP contribution in [0.15, 0.2) is 48.7 Å². The highest BCUT2D eigenvalue weighted by Gasteiger charge is 2.34. The highest BCUT2D eigenvalue weighted by atomic mass is 19.4. The summed E-state index contributed by atoms with van der Waals surface area (Å²) in [6.07, 6.45) is -2.97. The van der Waals surface area contributed by atoms with E-state index in [0.717, 1.165) is 6.07 Å². The molecule has 0 aliphatic carbocycles. The lowest BCUT2D eigenvalue weighted by molar-refractivity contribution is -0.136. The summed E-state index contributed by atoms with van der Waals surface area (Å²) in [5.74, 6) is 1.08. The van der Waals surface area contributed by atoms with Crippen LogP contribution in [0.4, 0.5) is 19.0 Å². The number of benzene rings is 2. The topological polar surface area (TPSA) is 34.1 Å². The summed E-state index contributed by atoms with van der Waals surface area (Å²) in [7, 11) is 1.54. The zero-order valence-corrected chi connectivity index (χ0v) is 14.7. The Kier molecular flexibility index (Phi) is 4.76. The second-order valence-electron chi connectivity index (χ2n) is 6.27. The molecule has 3 rings (SSSR count). The van der Waals surface area contributed by atoms with Crippen LogP contribution in [0.5, 0.6) is 5.75 Å². The molecule has 1 N–H and O–H groups in total. The van der Waals surface area contributed by atoms with Crippen molar-refractivity contribution in [1.29, 1.82) is 0 Å². The molecule has 0 radical (unpaired) electrons. The summed E-state index contributed by atoms with van der Waals surface area (Å²) in [6, 6.07) is 11.1. The Balaban J connectivity index is 2.31. The van der Waals surface area contributed by atoms with Gasteiger partial charge in [0.2, 0.25) is 0 Å². The van der Waals surface area contributed by atoms with E-state index in [0.29, 0.717) is 28.1 Å². The van der Waals surface area contributed by atoms with Crippen LogP contribution in [-0.2, 0) is 6.18 Å². The fraction of sp³-hybridized carbons (Fsp3) is 0.250. The zero-order valence-electron chi connectivity index (χ0n) is 14.7. The maximum Gasteiger partial charge on any atom is 0.417 e. The summed E-state index contributed by atoms with van der Waals surface area (Å²) in [5.41, 5.74) is 0.413. The molecule has 26 heavy (non-hydrogen) atoms. The minimum Gasteiger partial charge on any atom is -0.497 e. The van der Waals surface area contributed by atoms with Crippen LogP contribution >= 0.6 is 0 Å². The van der Waals surface area contributed by atoms with Gasteiger partial charge in [-0.3, -0.25) is 0 Å². The van der Waals surface area contributed by atoms with E-state index in [9.17, 15) is 13.2 Å². The first-order chi connectivity index (χ1) is 12.3. The Bertz CT molecular complexity index is 919. The van der Waals surface area contributed by atoms with Crippen LogP contribution < -0.4 is 10.1 Å². The number of nitrogens with zero attached hydrogens (tertiary/aromatic N) is 1. The second kappa shape index (κ2) is 6.86. The number of rotatable bonds is 4. The SMILES string of the molecule is COc1ccc(-c2cnc(NC(C)C)c3cccc(C(F)(F)F)c23)cc1. The number of aromatic nitrogens is 1. The third-order valence-corrected chi connectivity index (χ3v) is 4.04. The van der Waals surface area contributed by atoms with E-state index in [4.69, 9.17) is 4.74 Å². The maximum atomic E-state index is 13.7. The second-order valence-corrected chi connectivity index (χ2v) is 6.27. The molecule has 6 heteroatoms. The van der Waals surface area contributed by atoms with Gasteiger partial charge in [-0.2, -0.15) is 13.2 Å². The van der Waals surface area contributed by atoms with E-state index in [1.807, 2.05) is 13.8 Å². The quantitative estimate of drug-likeness (QED) is 0.643. The van der Waals surface area contributed by atoms with Crippen LogP contribution in [0.25, 0.3) is 21.9 Å². The van der Waals surface area contributed by atoms with Crippen molar-refractivity contribution < 1.29 is 17.9 Å². The molecular formula is C20H19F3N2O. The monoisotopic (exact) mass is 360 g/mol. The lowest BCUT2D eigenvalue weighted by Gasteiger charge is -2.18. The standard InChI is InChI=1S/C20H19F3N2O/c1-12(2)25-19-15-5-4-6-17(20(21,22)23)18(15)16(11-24-19)13-7-9-14(26-3)10-8-13/h4-12H,1-3H3,(H,24,25). The minimum atomic E-state index is -4.46. The van der Waals surface area contributed by atoms with Crippen molar-refractivity contribution in [3.63, 3.8) is 0 Å². The molecule has 3 nitrogen and oxygen atoms in total. The van der Waals surface area contributed by atoms with Crippen molar-refractivity contribution in [3.8, 4) is 16.9 Å². The molecule has 1 aromatic heterocycles. The van der Waals surface area contributed by atoms with E-state index in [1.54, 1.807) is 37.4 Å². The summed E-state index contributed by atoms with van der Waals surface area (Å²) in [5, 5.41) is 3.71. The number of nitrogens with one attached hydrogen (secondary N) is 1. The van der Waals surface area contributed by atoms with Gasteiger partial charge in [-0.05, 0) is 37.6 Å². The van der Waals surface area contributed by atoms with E-state index in [2.05, 4.69) is 10.3 Å². The van der Waals surface area contributed by atoms with Crippen molar-refractivity contribution in [2.75, 3.05) is 12.4 Å². The largest absolute Gasteiger partial charge is 0.497 e. The Morgan fingerprint density at radius 2 is 1.73 bits per heavy atom. The number of hydrogen-bond acceptors (Lipinski definition) is 3. The van der Waals surface area contributed by atoms with Gasteiger partial charge in [-0.15, -0.1) is 0 Å². The van der Waals surface area contributed by atoms with Gasteiger partial charge in [-0.1, -0.05) is 24.3 Å². The molecule has 0 amide bonds. The fourth-order valence-corrected chi connectivity index (χ4v) is 2.92. The van der Waals surface area contributed by atoms with Crippen molar-refractivity contribution >= 4 is 16.6 Å². The molecule has 0 saturated carbocycles. The lowest BCUT2D eigenvalue weighted by Crippen LogP contribution is -2.13. The highest BCUT2D eigenvalue weighted by Crippen LogP contribution is 2.41. The predicted molar refractivity (Wildman–Crippen MR) is 97.5 cm³/mol. The molecule has 0 bridgehead atoms. The average Bonchev–Trinajstić information content (AvgIpc) is 2.60. The van der Waals surface area contributed by atoms with Gasteiger partial charge in [0.15, 0.2) is 0 Å². The van der Waals surface area contributed by atoms with Gasteiger partial charge in [0.05, 0.1) is 12.7 Å². The zero-order chi connectivity index (χ0) is 18.9. The third kappa shape index (κ3) is 3.45. The van der Waals surface area contributed by atoms with E-state index >= 15 is 0 Å². The first kappa shape index (κ1) is 18.0. The minimum absolute atomic E-state index is 0.0482. The molecule has 2 aromatic carbocycles. The fourth-order valence-electron chi connectivity index (χ4n) is 2.92. The number of halogens is 3. The molecule has 0 saturated heterocycles. The van der Waals surface area contributed by atoms with Gasteiger partial charge >= 0.3 is 6.18 Å². The van der Waals surface area contributed by atoms with Gasteiger partial charge in [0, 0.05) is 28.6 Å². The molecule has 136 valence electrons. The van der Waals surface area contributed by atoms with Gasteiger partial charge < -0.3 is 10.1 Å². The smallest absolute Gasteiger partial charge is 0.417 e. The molecule has 0 aliphatic heterocycles. The maximum absolute atomic E-state index is 13.7. The number of anilines is 1. The van der Waals surface area contributed by atoms with E-state index < -0.39 is 11.7 Å². The van der Waals surface area contributed by atoms with Crippen LogP contribution in [0.2, 0.25) is 0 Å². The lowest BCUT2D eigenvalue weighted by atomic mass is 9.96. The first-order valence-electron chi connectivity index (χ1n) is 8.21.